The second-order valence-electron chi connectivity index (χ2n) is 4.18. The van der Waals surface area contributed by atoms with Gasteiger partial charge in [0.1, 0.15) is 0 Å². The minimum atomic E-state index is 0.786. The topological polar surface area (TPSA) is 15.3 Å². The minimum Gasteiger partial charge on any atom is -0.317 e. The van der Waals surface area contributed by atoms with Crippen molar-refractivity contribution in [1.82, 2.24) is 10.2 Å². The maximum Gasteiger partial charge on any atom is 0.00964 e. The summed E-state index contributed by atoms with van der Waals surface area (Å²) in [5, 5.41) is 3.40. The Labute approximate surface area is 75.3 Å². The molecule has 1 heterocycles. The first-order chi connectivity index (χ1) is 5.90. The summed E-state index contributed by atoms with van der Waals surface area (Å²) in [6.45, 7) is 2.68. The second kappa shape index (κ2) is 3.75. The van der Waals surface area contributed by atoms with E-state index in [1.54, 1.807) is 0 Å². The lowest BCUT2D eigenvalue weighted by Crippen LogP contribution is -2.29. The third-order valence-electron chi connectivity index (χ3n) is 3.23. The van der Waals surface area contributed by atoms with Crippen LogP contribution in [0.15, 0.2) is 0 Å². The lowest BCUT2D eigenvalue weighted by atomic mass is 10.1. The van der Waals surface area contributed by atoms with Crippen molar-refractivity contribution in [2.75, 3.05) is 20.1 Å². The van der Waals surface area contributed by atoms with Crippen molar-refractivity contribution in [3.63, 3.8) is 0 Å². The summed E-state index contributed by atoms with van der Waals surface area (Å²) in [5.41, 5.74) is 0. The van der Waals surface area contributed by atoms with Crippen LogP contribution in [0.5, 0.6) is 0 Å². The van der Waals surface area contributed by atoms with Crippen LogP contribution in [-0.4, -0.2) is 37.1 Å². The molecule has 1 aliphatic carbocycles. The van der Waals surface area contributed by atoms with Gasteiger partial charge in [0, 0.05) is 12.1 Å². The van der Waals surface area contributed by atoms with Gasteiger partial charge in [-0.05, 0) is 52.2 Å². The predicted molar refractivity (Wildman–Crippen MR) is 51.3 cm³/mol. The lowest BCUT2D eigenvalue weighted by molar-refractivity contribution is 0.272. The van der Waals surface area contributed by atoms with E-state index >= 15 is 0 Å². The van der Waals surface area contributed by atoms with Gasteiger partial charge in [0.25, 0.3) is 0 Å². The van der Waals surface area contributed by atoms with E-state index in [-0.39, 0.29) is 0 Å². The smallest absolute Gasteiger partial charge is 0.00964 e. The van der Waals surface area contributed by atoms with Crippen molar-refractivity contribution in [1.29, 1.82) is 0 Å². The standard InChI is InChI=1S/C10H20N2/c1-11-9-3-2-7-12(8-6-9)10-4-5-10/h9-11H,2-8H2,1H3. The molecule has 1 N–H and O–H groups in total. The number of nitrogens with one attached hydrogen (secondary N) is 1. The Balaban J connectivity index is 1.80. The Bertz CT molecular complexity index is 143. The Morgan fingerprint density at radius 3 is 2.58 bits per heavy atom. The highest BCUT2D eigenvalue weighted by Crippen LogP contribution is 2.28. The molecule has 0 aromatic heterocycles. The van der Waals surface area contributed by atoms with Gasteiger partial charge in [-0.3, -0.25) is 0 Å². The molecule has 0 aromatic rings. The number of likely N-dealkylation sites (tertiary alicyclic amines) is 1. The summed E-state index contributed by atoms with van der Waals surface area (Å²) in [4.78, 5) is 2.69. The summed E-state index contributed by atoms with van der Waals surface area (Å²) in [5.74, 6) is 0. The third-order valence-corrected chi connectivity index (χ3v) is 3.23. The molecule has 0 aromatic carbocycles. The van der Waals surface area contributed by atoms with Crippen molar-refractivity contribution >= 4 is 0 Å². The number of rotatable bonds is 2. The molecule has 1 unspecified atom stereocenters. The van der Waals surface area contributed by atoms with Crippen LogP contribution in [0.4, 0.5) is 0 Å². The van der Waals surface area contributed by atoms with Crippen LogP contribution < -0.4 is 5.32 Å². The van der Waals surface area contributed by atoms with Gasteiger partial charge in [0.15, 0.2) is 0 Å². The minimum absolute atomic E-state index is 0.786. The maximum absolute atomic E-state index is 3.40. The molecule has 2 nitrogen and oxygen atoms in total. The van der Waals surface area contributed by atoms with Gasteiger partial charge in [0.05, 0.1) is 0 Å². The zero-order chi connectivity index (χ0) is 8.39. The molecular weight excluding hydrogens is 148 g/mol. The van der Waals surface area contributed by atoms with Crippen molar-refractivity contribution in [2.24, 2.45) is 0 Å². The number of hydrogen-bond donors (Lipinski definition) is 1. The summed E-state index contributed by atoms with van der Waals surface area (Å²) < 4.78 is 0. The Kier molecular flexibility index (Phi) is 2.66. The molecule has 2 rings (SSSR count). The Morgan fingerprint density at radius 2 is 1.92 bits per heavy atom. The van der Waals surface area contributed by atoms with Gasteiger partial charge in [-0.1, -0.05) is 0 Å². The van der Waals surface area contributed by atoms with E-state index in [0.29, 0.717) is 0 Å². The van der Waals surface area contributed by atoms with Gasteiger partial charge in [-0.2, -0.15) is 0 Å². The lowest BCUT2D eigenvalue weighted by Gasteiger charge is -2.18. The van der Waals surface area contributed by atoms with Crippen LogP contribution in [0.3, 0.4) is 0 Å². The average molecular weight is 168 g/mol. The maximum atomic E-state index is 3.40. The molecule has 12 heavy (non-hydrogen) atoms. The summed E-state index contributed by atoms with van der Waals surface area (Å²) in [6.07, 6.45) is 7.04. The fourth-order valence-electron chi connectivity index (χ4n) is 2.21. The van der Waals surface area contributed by atoms with Crippen molar-refractivity contribution < 1.29 is 0 Å². The SMILES string of the molecule is CNC1CCCN(C2CC2)CC1. The second-order valence-corrected chi connectivity index (χ2v) is 4.18. The quantitative estimate of drug-likeness (QED) is 0.667. The summed E-state index contributed by atoms with van der Waals surface area (Å²) >= 11 is 0. The highest BCUT2D eigenvalue weighted by atomic mass is 15.2. The van der Waals surface area contributed by atoms with E-state index < -0.39 is 0 Å². The fraction of sp³-hybridized carbons (Fsp3) is 1.00. The Hall–Kier alpha value is -0.0800. The van der Waals surface area contributed by atoms with Crippen LogP contribution >= 0.6 is 0 Å². The predicted octanol–water partition coefficient (Wildman–Crippen LogP) is 1.22. The van der Waals surface area contributed by atoms with E-state index in [4.69, 9.17) is 0 Å². The third kappa shape index (κ3) is 1.99. The largest absolute Gasteiger partial charge is 0.317 e. The first-order valence-corrected chi connectivity index (χ1v) is 5.31. The molecule has 0 bridgehead atoms. The van der Waals surface area contributed by atoms with Crippen LogP contribution in [0.1, 0.15) is 32.1 Å². The molecule has 2 fully saturated rings. The van der Waals surface area contributed by atoms with E-state index in [2.05, 4.69) is 17.3 Å². The molecule has 0 spiro atoms. The van der Waals surface area contributed by atoms with Crippen LogP contribution in [0.2, 0.25) is 0 Å². The van der Waals surface area contributed by atoms with Gasteiger partial charge in [-0.25, -0.2) is 0 Å². The molecular formula is C10H20N2. The van der Waals surface area contributed by atoms with Crippen LogP contribution in [0, 0.1) is 0 Å². The average Bonchev–Trinajstić information content (AvgIpc) is 2.91. The molecule has 70 valence electrons. The molecule has 2 heteroatoms. The molecule has 1 saturated carbocycles. The summed E-state index contributed by atoms with van der Waals surface area (Å²) in [7, 11) is 2.09. The fourth-order valence-corrected chi connectivity index (χ4v) is 2.21. The van der Waals surface area contributed by atoms with Gasteiger partial charge < -0.3 is 10.2 Å². The molecule has 0 radical (unpaired) electrons. The van der Waals surface area contributed by atoms with E-state index in [9.17, 15) is 0 Å². The molecule has 1 aliphatic heterocycles. The first kappa shape index (κ1) is 8.52. The van der Waals surface area contributed by atoms with Crippen molar-refractivity contribution in [3.8, 4) is 0 Å². The number of nitrogens with zero attached hydrogens (tertiary/aromatic N) is 1. The van der Waals surface area contributed by atoms with Crippen LogP contribution in [-0.2, 0) is 0 Å². The number of hydrogen-bond acceptors (Lipinski definition) is 2. The normalized spacial score (nSPS) is 33.2. The van der Waals surface area contributed by atoms with Crippen molar-refractivity contribution in [3.05, 3.63) is 0 Å². The summed E-state index contributed by atoms with van der Waals surface area (Å²) in [6, 6.07) is 1.76. The van der Waals surface area contributed by atoms with Gasteiger partial charge >= 0.3 is 0 Å². The van der Waals surface area contributed by atoms with Gasteiger partial charge in [0.2, 0.25) is 0 Å². The van der Waals surface area contributed by atoms with E-state index in [0.717, 1.165) is 12.1 Å². The zero-order valence-electron chi connectivity index (χ0n) is 8.05. The Morgan fingerprint density at radius 1 is 1.08 bits per heavy atom. The highest BCUT2D eigenvalue weighted by Gasteiger charge is 2.29. The van der Waals surface area contributed by atoms with Crippen molar-refractivity contribution in [2.45, 2.75) is 44.2 Å². The molecule has 0 amide bonds. The zero-order valence-corrected chi connectivity index (χ0v) is 8.05. The molecule has 1 atom stereocenters. The van der Waals surface area contributed by atoms with E-state index in [1.165, 1.54) is 45.2 Å². The highest BCUT2D eigenvalue weighted by molar-refractivity contribution is 4.86. The van der Waals surface area contributed by atoms with Crippen LogP contribution in [0.25, 0.3) is 0 Å². The first-order valence-electron chi connectivity index (χ1n) is 5.31. The molecule has 2 aliphatic rings. The molecule has 1 saturated heterocycles. The monoisotopic (exact) mass is 168 g/mol. The van der Waals surface area contributed by atoms with Gasteiger partial charge in [-0.15, -0.1) is 0 Å². The van der Waals surface area contributed by atoms with E-state index in [1.807, 2.05) is 0 Å².